The molecule has 11 nitrogen and oxygen atoms in total. The molecule has 1 unspecified atom stereocenters. The van der Waals surface area contributed by atoms with Crippen LogP contribution in [0.1, 0.15) is 77.0 Å². The molecule has 3 amide bonds. The predicted octanol–water partition coefficient (Wildman–Crippen LogP) is 2.79. The average molecular weight is 658 g/mol. The van der Waals surface area contributed by atoms with Crippen molar-refractivity contribution in [2.75, 3.05) is 39.3 Å². The van der Waals surface area contributed by atoms with E-state index in [2.05, 4.69) is 20.5 Å². The van der Waals surface area contributed by atoms with E-state index in [4.69, 9.17) is 11.5 Å². The smallest absolute Gasteiger partial charge is 0.246 e. The van der Waals surface area contributed by atoms with Crippen molar-refractivity contribution in [2.45, 2.75) is 97.4 Å². The SMILES string of the molecule is Cc1ncsc1-c1ccc(CNC(=O)[C@@H]2C[C@@H](O)CN2C(=O)C(NC(=O)CN(CCCCCN)CCCCCN)C(C)(C)C)cc1. The first kappa shape index (κ1) is 37.6. The van der Waals surface area contributed by atoms with Gasteiger partial charge in [0.15, 0.2) is 0 Å². The van der Waals surface area contributed by atoms with Gasteiger partial charge in [-0.15, -0.1) is 11.3 Å². The van der Waals surface area contributed by atoms with Crippen LogP contribution in [0, 0.1) is 12.3 Å². The Morgan fingerprint density at radius 2 is 1.67 bits per heavy atom. The van der Waals surface area contributed by atoms with Gasteiger partial charge in [0.2, 0.25) is 17.7 Å². The van der Waals surface area contributed by atoms with E-state index in [9.17, 15) is 19.5 Å². The monoisotopic (exact) mass is 657 g/mol. The van der Waals surface area contributed by atoms with Gasteiger partial charge in [0.25, 0.3) is 0 Å². The number of nitrogens with zero attached hydrogens (tertiary/aromatic N) is 3. The molecule has 12 heteroatoms. The van der Waals surface area contributed by atoms with Gasteiger partial charge in [0, 0.05) is 19.5 Å². The van der Waals surface area contributed by atoms with E-state index in [1.54, 1.807) is 11.3 Å². The van der Waals surface area contributed by atoms with Crippen molar-refractivity contribution >= 4 is 29.1 Å². The van der Waals surface area contributed by atoms with Gasteiger partial charge in [-0.2, -0.15) is 0 Å². The van der Waals surface area contributed by atoms with Crippen molar-refractivity contribution in [3.8, 4) is 10.4 Å². The van der Waals surface area contributed by atoms with Crippen molar-refractivity contribution in [3.05, 3.63) is 41.0 Å². The summed E-state index contributed by atoms with van der Waals surface area (Å²) < 4.78 is 0. The lowest BCUT2D eigenvalue weighted by Crippen LogP contribution is -2.58. The summed E-state index contributed by atoms with van der Waals surface area (Å²) in [6.45, 7) is 11.0. The Hall–Kier alpha value is -2.90. The topological polar surface area (TPSA) is 167 Å². The molecule has 256 valence electrons. The minimum atomic E-state index is -0.861. The zero-order chi connectivity index (χ0) is 33.7. The maximum atomic E-state index is 14.0. The van der Waals surface area contributed by atoms with Gasteiger partial charge >= 0.3 is 0 Å². The summed E-state index contributed by atoms with van der Waals surface area (Å²) in [6.07, 6.45) is 5.11. The number of carbonyl (C=O) groups excluding carboxylic acids is 3. The van der Waals surface area contributed by atoms with Crippen molar-refractivity contribution in [2.24, 2.45) is 16.9 Å². The highest BCUT2D eigenvalue weighted by Gasteiger charge is 2.44. The normalized spacial score (nSPS) is 17.3. The maximum absolute atomic E-state index is 14.0. The summed E-state index contributed by atoms with van der Waals surface area (Å²) in [6, 6.07) is 6.26. The molecule has 0 radical (unpaired) electrons. The van der Waals surface area contributed by atoms with E-state index in [1.807, 2.05) is 57.5 Å². The first-order valence-corrected chi connectivity index (χ1v) is 17.5. The predicted molar refractivity (Wildman–Crippen MR) is 184 cm³/mol. The number of benzene rings is 1. The van der Waals surface area contributed by atoms with Crippen LogP contribution in [0.2, 0.25) is 0 Å². The number of rotatable bonds is 18. The highest BCUT2D eigenvalue weighted by atomic mass is 32.1. The summed E-state index contributed by atoms with van der Waals surface area (Å²) in [5.41, 5.74) is 15.5. The number of β-amino-alcohol motifs (C(OH)–C–C–N with tert-alkyl or cyclic N) is 1. The third-order valence-corrected chi connectivity index (χ3v) is 9.41. The molecule has 0 bridgehead atoms. The number of aliphatic hydroxyl groups is 1. The molecule has 46 heavy (non-hydrogen) atoms. The molecule has 1 aromatic carbocycles. The third-order valence-electron chi connectivity index (χ3n) is 8.44. The van der Waals surface area contributed by atoms with Crippen LogP contribution < -0.4 is 22.1 Å². The van der Waals surface area contributed by atoms with E-state index < -0.39 is 23.6 Å². The minimum Gasteiger partial charge on any atom is -0.391 e. The van der Waals surface area contributed by atoms with Crippen LogP contribution in [-0.2, 0) is 20.9 Å². The Morgan fingerprint density at radius 3 is 2.22 bits per heavy atom. The summed E-state index contributed by atoms with van der Waals surface area (Å²) in [5, 5.41) is 16.5. The Kier molecular flexibility index (Phi) is 15.1. The van der Waals surface area contributed by atoms with Crippen LogP contribution in [0.25, 0.3) is 10.4 Å². The number of hydrogen-bond acceptors (Lipinski definition) is 9. The van der Waals surface area contributed by atoms with Crippen LogP contribution in [0.4, 0.5) is 0 Å². The second-order valence-corrected chi connectivity index (χ2v) is 14.3. The van der Waals surface area contributed by atoms with Crippen LogP contribution in [0.15, 0.2) is 29.8 Å². The Bertz CT molecular complexity index is 1230. The zero-order valence-electron chi connectivity index (χ0n) is 28.1. The lowest BCUT2D eigenvalue weighted by molar-refractivity contribution is -0.144. The summed E-state index contributed by atoms with van der Waals surface area (Å²) in [7, 11) is 0. The highest BCUT2D eigenvalue weighted by molar-refractivity contribution is 7.13. The van der Waals surface area contributed by atoms with E-state index in [0.29, 0.717) is 19.6 Å². The van der Waals surface area contributed by atoms with E-state index >= 15 is 0 Å². The number of unbranched alkanes of at least 4 members (excludes halogenated alkanes) is 4. The average Bonchev–Trinajstić information content (AvgIpc) is 3.63. The Balaban J connectivity index is 1.63. The molecule has 0 saturated carbocycles. The molecular weight excluding hydrogens is 602 g/mol. The first-order valence-electron chi connectivity index (χ1n) is 16.6. The summed E-state index contributed by atoms with van der Waals surface area (Å²) >= 11 is 1.59. The molecular formula is C34H55N7O4S. The first-order chi connectivity index (χ1) is 21.9. The number of hydrogen-bond donors (Lipinski definition) is 5. The quantitative estimate of drug-likeness (QED) is 0.153. The number of nitrogens with two attached hydrogens (primary N) is 2. The van der Waals surface area contributed by atoms with Gasteiger partial charge in [0.1, 0.15) is 12.1 Å². The summed E-state index contributed by atoms with van der Waals surface area (Å²) in [4.78, 5) is 49.7. The standard InChI is InChI=1S/C34H55N7O4S/c1-24-30(46-23-38-24)26-13-11-25(12-14-26)20-37-32(44)28-19-27(42)21-41(28)33(45)31(34(2,3)4)39-29(43)22-40(17-9-5-7-15-35)18-10-6-8-16-36/h11-14,23,27-28,31,42H,5-10,15-22,35-36H2,1-4H3,(H,37,44)(H,39,43)/t27-,28+,31?/m1/s1. The van der Waals surface area contributed by atoms with Gasteiger partial charge in [-0.25, -0.2) is 4.98 Å². The molecule has 1 fully saturated rings. The fraction of sp³-hybridized carbons (Fsp3) is 0.647. The number of nitrogens with one attached hydrogen (secondary N) is 2. The molecule has 2 heterocycles. The van der Waals surface area contributed by atoms with Crippen LogP contribution >= 0.6 is 11.3 Å². The fourth-order valence-electron chi connectivity index (χ4n) is 5.77. The molecule has 0 spiro atoms. The number of aromatic nitrogens is 1. The minimum absolute atomic E-state index is 0.0384. The van der Waals surface area contributed by atoms with Gasteiger partial charge < -0.3 is 32.1 Å². The number of likely N-dealkylation sites (tertiary alicyclic amines) is 1. The van der Waals surface area contributed by atoms with Crippen LogP contribution in [0.5, 0.6) is 0 Å². The lowest BCUT2D eigenvalue weighted by Gasteiger charge is -2.36. The van der Waals surface area contributed by atoms with Gasteiger partial charge in [-0.05, 0) is 75.3 Å². The molecule has 1 aromatic heterocycles. The number of aliphatic hydroxyl groups excluding tert-OH is 1. The molecule has 1 aliphatic rings. The van der Waals surface area contributed by atoms with Gasteiger partial charge in [-0.3, -0.25) is 19.3 Å². The molecule has 1 aliphatic heterocycles. The molecule has 0 aliphatic carbocycles. The lowest BCUT2D eigenvalue weighted by atomic mass is 9.85. The van der Waals surface area contributed by atoms with Crippen molar-refractivity contribution in [1.82, 2.24) is 25.4 Å². The zero-order valence-corrected chi connectivity index (χ0v) is 28.9. The van der Waals surface area contributed by atoms with Crippen LogP contribution in [0.3, 0.4) is 0 Å². The molecule has 1 saturated heterocycles. The van der Waals surface area contributed by atoms with E-state index in [-0.39, 0.29) is 37.2 Å². The Labute approximate surface area is 278 Å². The van der Waals surface area contributed by atoms with Crippen LogP contribution in [-0.4, -0.2) is 95.1 Å². The second-order valence-electron chi connectivity index (χ2n) is 13.4. The second kappa shape index (κ2) is 18.4. The third kappa shape index (κ3) is 11.4. The molecule has 7 N–H and O–H groups in total. The number of thiazole rings is 1. The van der Waals surface area contributed by atoms with Gasteiger partial charge in [-0.1, -0.05) is 57.9 Å². The maximum Gasteiger partial charge on any atom is 0.246 e. The number of carbonyl (C=O) groups is 3. The summed E-state index contributed by atoms with van der Waals surface area (Å²) in [5.74, 6) is -0.921. The van der Waals surface area contributed by atoms with Crippen molar-refractivity contribution < 1.29 is 19.5 Å². The molecule has 2 aromatic rings. The Morgan fingerprint density at radius 1 is 1.04 bits per heavy atom. The molecule has 3 atom stereocenters. The number of amides is 3. The van der Waals surface area contributed by atoms with E-state index in [1.165, 1.54) is 4.90 Å². The molecule has 3 rings (SSSR count). The largest absolute Gasteiger partial charge is 0.391 e. The fourth-order valence-corrected chi connectivity index (χ4v) is 6.58. The van der Waals surface area contributed by atoms with Gasteiger partial charge in [0.05, 0.1) is 28.7 Å². The highest BCUT2D eigenvalue weighted by Crippen LogP contribution is 2.28. The van der Waals surface area contributed by atoms with Crippen molar-refractivity contribution in [3.63, 3.8) is 0 Å². The number of aryl methyl sites for hydroxylation is 1. The van der Waals surface area contributed by atoms with Crippen molar-refractivity contribution in [1.29, 1.82) is 0 Å². The van der Waals surface area contributed by atoms with E-state index in [0.717, 1.165) is 73.3 Å².